The van der Waals surface area contributed by atoms with Gasteiger partial charge in [0.15, 0.2) is 0 Å². The second kappa shape index (κ2) is 6.30. The van der Waals surface area contributed by atoms with E-state index in [0.717, 1.165) is 31.6 Å². The van der Waals surface area contributed by atoms with Gasteiger partial charge in [-0.3, -0.25) is 0 Å². The third kappa shape index (κ3) is 3.79. The molecule has 2 rings (SSSR count). The van der Waals surface area contributed by atoms with Gasteiger partial charge >= 0.3 is 0 Å². The Kier molecular flexibility index (Phi) is 4.72. The first-order chi connectivity index (χ1) is 8.65. The molecule has 0 spiro atoms. The van der Waals surface area contributed by atoms with E-state index in [0.29, 0.717) is 18.0 Å². The second-order valence-corrected chi connectivity index (χ2v) is 5.39. The van der Waals surface area contributed by atoms with Crippen LogP contribution >= 0.6 is 0 Å². The van der Waals surface area contributed by atoms with Crippen molar-refractivity contribution in [3.8, 4) is 0 Å². The molecule has 1 aliphatic heterocycles. The molecule has 1 aliphatic rings. The van der Waals surface area contributed by atoms with E-state index in [4.69, 9.17) is 4.74 Å². The normalized spacial score (nSPS) is 24.4. The van der Waals surface area contributed by atoms with Crippen LogP contribution in [0.2, 0.25) is 0 Å². The van der Waals surface area contributed by atoms with Crippen molar-refractivity contribution >= 4 is 0 Å². The SMILES string of the molecule is CC(C)N[C@@H]1CCOC[C@@H]1Cc1cccc(F)c1. The van der Waals surface area contributed by atoms with Gasteiger partial charge in [0.2, 0.25) is 0 Å². The minimum Gasteiger partial charge on any atom is -0.381 e. The van der Waals surface area contributed by atoms with Gasteiger partial charge in [-0.05, 0) is 30.5 Å². The number of ether oxygens (including phenoxy) is 1. The van der Waals surface area contributed by atoms with E-state index >= 15 is 0 Å². The van der Waals surface area contributed by atoms with E-state index in [1.54, 1.807) is 12.1 Å². The molecular formula is C15H22FNO. The van der Waals surface area contributed by atoms with Gasteiger partial charge in [-0.2, -0.15) is 0 Å². The maximum atomic E-state index is 13.2. The molecule has 2 nitrogen and oxygen atoms in total. The highest BCUT2D eigenvalue weighted by Crippen LogP contribution is 2.20. The molecule has 0 bridgehead atoms. The number of benzene rings is 1. The molecule has 1 N–H and O–H groups in total. The first-order valence-electron chi connectivity index (χ1n) is 6.73. The minimum absolute atomic E-state index is 0.155. The third-order valence-corrected chi connectivity index (χ3v) is 3.41. The fourth-order valence-electron chi connectivity index (χ4n) is 2.61. The van der Waals surface area contributed by atoms with Gasteiger partial charge in [-0.1, -0.05) is 26.0 Å². The summed E-state index contributed by atoms with van der Waals surface area (Å²) in [6, 6.07) is 7.83. The van der Waals surface area contributed by atoms with Crippen molar-refractivity contribution in [2.45, 2.75) is 38.8 Å². The van der Waals surface area contributed by atoms with Crippen molar-refractivity contribution in [2.24, 2.45) is 5.92 Å². The maximum Gasteiger partial charge on any atom is 0.123 e. The zero-order valence-corrected chi connectivity index (χ0v) is 11.2. The maximum absolute atomic E-state index is 13.2. The Balaban J connectivity index is 2.00. The van der Waals surface area contributed by atoms with E-state index in [-0.39, 0.29) is 5.82 Å². The smallest absolute Gasteiger partial charge is 0.123 e. The molecule has 1 aromatic carbocycles. The quantitative estimate of drug-likeness (QED) is 0.888. The zero-order chi connectivity index (χ0) is 13.0. The molecule has 100 valence electrons. The molecule has 2 atom stereocenters. The van der Waals surface area contributed by atoms with Crippen molar-refractivity contribution in [1.29, 1.82) is 0 Å². The summed E-state index contributed by atoms with van der Waals surface area (Å²) in [5, 5.41) is 3.59. The fraction of sp³-hybridized carbons (Fsp3) is 0.600. The monoisotopic (exact) mass is 251 g/mol. The molecule has 0 aromatic heterocycles. The molecular weight excluding hydrogens is 229 g/mol. The Bertz CT molecular complexity index is 381. The summed E-state index contributed by atoms with van der Waals surface area (Å²) in [6.45, 7) is 5.91. The van der Waals surface area contributed by atoms with Crippen LogP contribution in [0.4, 0.5) is 4.39 Å². The Morgan fingerprint density at radius 3 is 3.00 bits per heavy atom. The van der Waals surface area contributed by atoms with Crippen molar-refractivity contribution in [3.05, 3.63) is 35.6 Å². The first-order valence-corrected chi connectivity index (χ1v) is 6.73. The molecule has 18 heavy (non-hydrogen) atoms. The summed E-state index contributed by atoms with van der Waals surface area (Å²) in [4.78, 5) is 0. The zero-order valence-electron chi connectivity index (χ0n) is 11.2. The second-order valence-electron chi connectivity index (χ2n) is 5.39. The Morgan fingerprint density at radius 2 is 2.28 bits per heavy atom. The summed E-state index contributed by atoms with van der Waals surface area (Å²) in [5.41, 5.74) is 1.06. The third-order valence-electron chi connectivity index (χ3n) is 3.41. The van der Waals surface area contributed by atoms with Crippen molar-refractivity contribution in [2.75, 3.05) is 13.2 Å². The number of hydrogen-bond donors (Lipinski definition) is 1. The molecule has 0 radical (unpaired) electrons. The predicted octanol–water partition coefficient (Wildman–Crippen LogP) is 2.77. The van der Waals surface area contributed by atoms with Crippen LogP contribution in [0.5, 0.6) is 0 Å². The van der Waals surface area contributed by atoms with Gasteiger partial charge in [0.1, 0.15) is 5.82 Å². The molecule has 0 saturated carbocycles. The molecule has 0 amide bonds. The van der Waals surface area contributed by atoms with Gasteiger partial charge in [0.05, 0.1) is 6.61 Å². The summed E-state index contributed by atoms with van der Waals surface area (Å²) < 4.78 is 18.7. The Hall–Kier alpha value is -0.930. The van der Waals surface area contributed by atoms with Crippen LogP contribution in [0.1, 0.15) is 25.8 Å². The van der Waals surface area contributed by atoms with Crippen LogP contribution in [0.25, 0.3) is 0 Å². The van der Waals surface area contributed by atoms with Gasteiger partial charge in [-0.15, -0.1) is 0 Å². The highest BCUT2D eigenvalue weighted by atomic mass is 19.1. The highest BCUT2D eigenvalue weighted by Gasteiger charge is 2.26. The number of rotatable bonds is 4. The van der Waals surface area contributed by atoms with E-state index in [1.807, 2.05) is 6.07 Å². The summed E-state index contributed by atoms with van der Waals surface area (Å²) in [7, 11) is 0. The van der Waals surface area contributed by atoms with Gasteiger partial charge in [0, 0.05) is 24.6 Å². The van der Waals surface area contributed by atoms with Crippen molar-refractivity contribution < 1.29 is 9.13 Å². The summed E-state index contributed by atoms with van der Waals surface area (Å²) in [5.74, 6) is 0.278. The standard InChI is InChI=1S/C15H22FNO/c1-11(2)17-15-6-7-18-10-13(15)8-12-4-3-5-14(16)9-12/h3-5,9,11,13,15,17H,6-8,10H2,1-2H3/t13-,15+/m0/s1. The van der Waals surface area contributed by atoms with Crippen LogP contribution < -0.4 is 5.32 Å². The van der Waals surface area contributed by atoms with E-state index in [2.05, 4.69) is 19.2 Å². The summed E-state index contributed by atoms with van der Waals surface area (Å²) >= 11 is 0. The van der Waals surface area contributed by atoms with Crippen molar-refractivity contribution in [3.63, 3.8) is 0 Å². The van der Waals surface area contributed by atoms with Crippen LogP contribution in [-0.2, 0) is 11.2 Å². The average molecular weight is 251 g/mol. The van der Waals surface area contributed by atoms with Crippen LogP contribution in [-0.4, -0.2) is 25.3 Å². The topological polar surface area (TPSA) is 21.3 Å². The average Bonchev–Trinajstić information content (AvgIpc) is 2.31. The van der Waals surface area contributed by atoms with Crippen LogP contribution in [0.15, 0.2) is 24.3 Å². The lowest BCUT2D eigenvalue weighted by Crippen LogP contribution is -2.46. The number of nitrogens with one attached hydrogen (secondary N) is 1. The molecule has 1 fully saturated rings. The lowest BCUT2D eigenvalue weighted by Gasteiger charge is -2.33. The van der Waals surface area contributed by atoms with Crippen molar-refractivity contribution in [1.82, 2.24) is 5.32 Å². The van der Waals surface area contributed by atoms with E-state index < -0.39 is 0 Å². The van der Waals surface area contributed by atoms with E-state index in [1.165, 1.54) is 6.07 Å². The lowest BCUT2D eigenvalue weighted by molar-refractivity contribution is 0.0300. The molecule has 1 aromatic rings. The molecule has 0 unspecified atom stereocenters. The van der Waals surface area contributed by atoms with E-state index in [9.17, 15) is 4.39 Å². The Morgan fingerprint density at radius 1 is 1.44 bits per heavy atom. The number of hydrogen-bond acceptors (Lipinski definition) is 2. The molecule has 3 heteroatoms. The van der Waals surface area contributed by atoms with Crippen LogP contribution in [0, 0.1) is 11.7 Å². The van der Waals surface area contributed by atoms with Gasteiger partial charge in [0.25, 0.3) is 0 Å². The highest BCUT2D eigenvalue weighted by molar-refractivity contribution is 5.17. The summed E-state index contributed by atoms with van der Waals surface area (Å²) in [6.07, 6.45) is 1.92. The largest absolute Gasteiger partial charge is 0.381 e. The lowest BCUT2D eigenvalue weighted by atomic mass is 9.89. The predicted molar refractivity (Wildman–Crippen MR) is 71.1 cm³/mol. The van der Waals surface area contributed by atoms with Crippen LogP contribution in [0.3, 0.4) is 0 Å². The Labute approximate surface area is 109 Å². The molecule has 0 aliphatic carbocycles. The molecule has 1 heterocycles. The molecule has 1 saturated heterocycles. The fourth-order valence-corrected chi connectivity index (χ4v) is 2.61. The minimum atomic E-state index is -0.155. The van der Waals surface area contributed by atoms with Gasteiger partial charge < -0.3 is 10.1 Å². The van der Waals surface area contributed by atoms with Gasteiger partial charge in [-0.25, -0.2) is 4.39 Å². The first kappa shape index (κ1) is 13.5. The number of halogens is 1.